The lowest BCUT2D eigenvalue weighted by atomic mass is 9.99. The molecule has 0 atom stereocenters. The minimum Gasteiger partial charge on any atom is -0.321 e. The number of nitrogens with one attached hydrogen (secondary N) is 2. The summed E-state index contributed by atoms with van der Waals surface area (Å²) in [6.45, 7) is 9.97. The maximum Gasteiger partial charge on any atom is 0.296 e. The summed E-state index contributed by atoms with van der Waals surface area (Å²) in [6.07, 6.45) is 0.0833. The Morgan fingerprint density at radius 3 is 2.05 bits per heavy atom. The smallest absolute Gasteiger partial charge is 0.296 e. The number of allylic oxidation sites excluding steroid dienone is 2. The number of fused-ring (bicyclic) bond motifs is 4. The Labute approximate surface area is 213 Å². The fraction of sp³-hybridized carbons (Fsp3) is 0.250. The molecule has 5 rings (SSSR count). The highest BCUT2D eigenvalue weighted by Crippen LogP contribution is 2.39. The van der Waals surface area contributed by atoms with Gasteiger partial charge in [0.05, 0.1) is 28.8 Å². The molecule has 2 aliphatic heterocycles. The molecular weight excluding hydrogens is 476 g/mol. The van der Waals surface area contributed by atoms with Crippen molar-refractivity contribution >= 4 is 51.2 Å². The third kappa shape index (κ3) is 6.19. The third-order valence-corrected chi connectivity index (χ3v) is 5.50. The molecule has 0 radical (unpaired) electrons. The molecule has 9 nitrogen and oxygen atoms in total. The fourth-order valence-electron chi connectivity index (χ4n) is 3.94. The van der Waals surface area contributed by atoms with E-state index in [0.717, 1.165) is 27.6 Å². The van der Waals surface area contributed by atoms with Crippen LogP contribution in [0.4, 0.5) is 5.69 Å². The molecule has 0 bridgehead atoms. The van der Waals surface area contributed by atoms with Crippen LogP contribution in [-0.4, -0.2) is 34.0 Å². The van der Waals surface area contributed by atoms with Crippen molar-refractivity contribution in [2.75, 3.05) is 5.32 Å². The number of hydrogen-bond acceptors (Lipinski definition) is 7. The van der Waals surface area contributed by atoms with Gasteiger partial charge in [0, 0.05) is 10.9 Å². The van der Waals surface area contributed by atoms with Crippen molar-refractivity contribution < 1.29 is 33.7 Å². The van der Waals surface area contributed by atoms with Crippen LogP contribution in [0.15, 0.2) is 42.2 Å². The summed E-state index contributed by atoms with van der Waals surface area (Å²) in [4.78, 5) is 67.2. The number of aryl methyl sites for hydroxylation is 2. The van der Waals surface area contributed by atoms with Gasteiger partial charge in [-0.1, -0.05) is 23.3 Å². The molecular formula is C28H28N2O7. The van der Waals surface area contributed by atoms with Gasteiger partial charge in [0.25, 0.3) is 17.6 Å². The summed E-state index contributed by atoms with van der Waals surface area (Å²) in [5.74, 6) is -0.132. The number of hydrogen-bond donors (Lipinski definition) is 2. The first-order valence-corrected chi connectivity index (χ1v) is 11.5. The number of carbonyl (C=O) groups is 5. The molecule has 3 heterocycles. The quantitative estimate of drug-likeness (QED) is 0.297. The number of anilines is 1. The summed E-state index contributed by atoms with van der Waals surface area (Å²) >= 11 is 0. The summed E-state index contributed by atoms with van der Waals surface area (Å²) in [5.41, 5.74) is 5.53. The molecule has 192 valence electrons. The summed E-state index contributed by atoms with van der Waals surface area (Å²) in [6, 6.07) is 11.3. The zero-order valence-electron chi connectivity index (χ0n) is 21.5. The van der Waals surface area contributed by atoms with Gasteiger partial charge in [-0.15, -0.1) is 0 Å². The number of aromatic amines is 1. The molecule has 0 unspecified atom stereocenters. The molecule has 0 fully saturated rings. The number of H-pyrrole nitrogens is 1. The van der Waals surface area contributed by atoms with Crippen molar-refractivity contribution in [2.24, 2.45) is 0 Å². The molecule has 1 aromatic heterocycles. The van der Waals surface area contributed by atoms with Crippen LogP contribution in [-0.2, 0) is 24.1 Å². The van der Waals surface area contributed by atoms with Crippen LogP contribution in [0.1, 0.15) is 61.2 Å². The van der Waals surface area contributed by atoms with E-state index in [1.165, 1.54) is 20.8 Å². The van der Waals surface area contributed by atoms with Crippen molar-refractivity contribution in [3.05, 3.63) is 64.4 Å². The fourth-order valence-corrected chi connectivity index (χ4v) is 3.94. The summed E-state index contributed by atoms with van der Waals surface area (Å²) in [5, 5.41) is 3.47. The summed E-state index contributed by atoms with van der Waals surface area (Å²) < 4.78 is 0. The molecule has 0 spiro atoms. The molecule has 0 saturated carbocycles. The molecule has 37 heavy (non-hydrogen) atoms. The van der Waals surface area contributed by atoms with Crippen molar-refractivity contribution in [1.29, 1.82) is 0 Å². The first-order chi connectivity index (χ1) is 17.4. The Hall–Kier alpha value is -4.53. The van der Waals surface area contributed by atoms with E-state index < -0.39 is 11.7 Å². The van der Waals surface area contributed by atoms with Gasteiger partial charge >= 0.3 is 0 Å². The maximum absolute atomic E-state index is 11.8. The van der Waals surface area contributed by atoms with E-state index in [-0.39, 0.29) is 23.8 Å². The van der Waals surface area contributed by atoms with Crippen LogP contribution < -0.4 is 10.2 Å². The van der Waals surface area contributed by atoms with Crippen LogP contribution >= 0.6 is 0 Å². The summed E-state index contributed by atoms with van der Waals surface area (Å²) in [7, 11) is 0. The molecule has 0 saturated heterocycles. The van der Waals surface area contributed by atoms with Gasteiger partial charge in [-0.05, 0) is 65.8 Å². The largest absolute Gasteiger partial charge is 0.321 e. The molecule has 2 N–H and O–H groups in total. The van der Waals surface area contributed by atoms with Crippen LogP contribution in [0.5, 0.6) is 5.88 Å². The van der Waals surface area contributed by atoms with Gasteiger partial charge < -0.3 is 10.3 Å². The first kappa shape index (κ1) is 27.1. The van der Waals surface area contributed by atoms with Crippen LogP contribution in [0.3, 0.4) is 0 Å². The van der Waals surface area contributed by atoms with Gasteiger partial charge in [0.2, 0.25) is 0 Å². The number of benzene rings is 2. The second kappa shape index (κ2) is 11.0. The Morgan fingerprint density at radius 2 is 1.46 bits per heavy atom. The van der Waals surface area contributed by atoms with Gasteiger partial charge in [-0.2, -0.15) is 0 Å². The average Bonchev–Trinajstić information content (AvgIpc) is 3.30. The van der Waals surface area contributed by atoms with Gasteiger partial charge in [0.1, 0.15) is 11.6 Å². The third-order valence-electron chi connectivity index (χ3n) is 5.50. The van der Waals surface area contributed by atoms with E-state index in [1.807, 2.05) is 38.1 Å². The predicted molar refractivity (Wildman–Crippen MR) is 138 cm³/mol. The van der Waals surface area contributed by atoms with Crippen molar-refractivity contribution in [2.45, 2.75) is 48.0 Å². The molecule has 9 heteroatoms. The lowest BCUT2D eigenvalue weighted by Gasteiger charge is -2.16. The van der Waals surface area contributed by atoms with Crippen molar-refractivity contribution in [1.82, 2.24) is 4.98 Å². The van der Waals surface area contributed by atoms with E-state index in [4.69, 9.17) is 9.78 Å². The molecule has 2 aliphatic rings. The topological polar surface area (TPSA) is 132 Å². The second-order valence-corrected chi connectivity index (χ2v) is 8.95. The highest BCUT2D eigenvalue weighted by atomic mass is 17.2. The molecule has 3 aromatic rings. The number of Topliss-reactive ketones (excluding diaryl/α,β-unsaturated/α-hetero) is 4. The zero-order valence-corrected chi connectivity index (χ0v) is 21.5. The Kier molecular flexibility index (Phi) is 8.07. The normalized spacial score (nSPS) is 13.1. The Bertz CT molecular complexity index is 1470. The lowest BCUT2D eigenvalue weighted by Crippen LogP contribution is -2.12. The second-order valence-electron chi connectivity index (χ2n) is 8.95. The highest BCUT2D eigenvalue weighted by Gasteiger charge is 2.28. The van der Waals surface area contributed by atoms with Gasteiger partial charge in [0.15, 0.2) is 11.5 Å². The number of rotatable bonds is 3. The minimum atomic E-state index is -0.532. The van der Waals surface area contributed by atoms with E-state index in [1.54, 1.807) is 19.1 Å². The van der Waals surface area contributed by atoms with Crippen LogP contribution in [0.25, 0.3) is 16.5 Å². The number of ketones is 4. The Morgan fingerprint density at radius 1 is 0.838 bits per heavy atom. The Balaban J connectivity index is 0.000000173. The van der Waals surface area contributed by atoms with Crippen molar-refractivity contribution in [3.63, 3.8) is 0 Å². The average molecular weight is 505 g/mol. The number of amides is 1. The minimum absolute atomic E-state index is 0.0283. The monoisotopic (exact) mass is 504 g/mol. The first-order valence-electron chi connectivity index (χ1n) is 11.5. The maximum atomic E-state index is 11.8. The van der Waals surface area contributed by atoms with Crippen LogP contribution in [0, 0.1) is 13.8 Å². The number of carbonyl (C=O) groups excluding carboxylic acids is 5. The van der Waals surface area contributed by atoms with E-state index >= 15 is 0 Å². The van der Waals surface area contributed by atoms with E-state index in [9.17, 15) is 24.0 Å². The zero-order chi connectivity index (χ0) is 27.4. The van der Waals surface area contributed by atoms with Crippen molar-refractivity contribution in [3.8, 4) is 5.88 Å². The molecule has 0 aliphatic carbocycles. The SMILES string of the molecule is CC(=O)C1=C(C)OOc2[nH]c3ccc(C)cc3c21.CC(=O)CC(C)=O.Cc1ccc2c(c1)C(=O)C(=O)N2. The van der Waals surface area contributed by atoms with Crippen LogP contribution in [0.2, 0.25) is 0 Å². The molecule has 2 aromatic carbocycles. The molecule has 1 amide bonds. The van der Waals surface area contributed by atoms with E-state index in [2.05, 4.69) is 10.3 Å². The van der Waals surface area contributed by atoms with Gasteiger partial charge in [-0.25, -0.2) is 0 Å². The van der Waals surface area contributed by atoms with E-state index in [0.29, 0.717) is 28.5 Å². The highest BCUT2D eigenvalue weighted by molar-refractivity contribution is 6.51. The lowest BCUT2D eigenvalue weighted by molar-refractivity contribution is -0.171. The predicted octanol–water partition coefficient (Wildman–Crippen LogP) is 4.80. The number of aromatic nitrogens is 1. The standard InChI is InChI=1S/C14H13NO3.C9H7NO2.C5H8O2/c1-7-4-5-11-10(6-7)13-12(8(2)16)9(3)17-18-14(13)15-11;1-5-2-3-7-6(4-5)8(11)9(12)10-7;1-4(6)3-5(2)7/h4-6,15H,1-3H3;2-4H,1H3,(H,10,11,12);3H2,1-2H3. The van der Waals surface area contributed by atoms with Gasteiger partial charge in [-0.3, -0.25) is 33.7 Å².